The van der Waals surface area contributed by atoms with Crippen LogP contribution in [0.2, 0.25) is 0 Å². The summed E-state index contributed by atoms with van der Waals surface area (Å²) in [5.74, 6) is -3.45. The Labute approximate surface area is 241 Å². The summed E-state index contributed by atoms with van der Waals surface area (Å²) in [6.45, 7) is 2.02. The highest BCUT2D eigenvalue weighted by molar-refractivity contribution is 5.70. The highest BCUT2D eigenvalue weighted by Gasteiger charge is 2.60. The lowest BCUT2D eigenvalue weighted by Gasteiger charge is -2.43. The molecule has 6 N–H and O–H groups in total. The molecule has 0 bridgehead atoms. The largest absolute Gasteiger partial charge is 0.463 e. The molecular formula is C28H50O13. The Balaban J connectivity index is 2.12. The Hall–Kier alpha value is -1.42. The average molecular weight is 595 g/mol. The van der Waals surface area contributed by atoms with Crippen molar-refractivity contribution >= 4 is 11.9 Å². The molecule has 2 saturated heterocycles. The maximum Gasteiger partial charge on any atom is 0.306 e. The summed E-state index contributed by atoms with van der Waals surface area (Å²) in [6, 6.07) is 0. The van der Waals surface area contributed by atoms with Gasteiger partial charge in [-0.1, -0.05) is 65.2 Å². The number of carbonyl (C=O) groups excluding carboxylic acids is 2. The van der Waals surface area contributed by atoms with Gasteiger partial charge in [0.15, 0.2) is 12.4 Å². The van der Waals surface area contributed by atoms with Crippen LogP contribution in [0.3, 0.4) is 0 Å². The fourth-order valence-electron chi connectivity index (χ4n) is 4.95. The topological polar surface area (TPSA) is 202 Å². The van der Waals surface area contributed by atoms with Crippen LogP contribution in [-0.2, 0) is 33.3 Å². The molecular weight excluding hydrogens is 544 g/mol. The first-order chi connectivity index (χ1) is 19.6. The van der Waals surface area contributed by atoms with E-state index in [-0.39, 0.29) is 12.8 Å². The van der Waals surface area contributed by atoms with E-state index in [0.29, 0.717) is 12.8 Å². The number of hydrogen-bond acceptors (Lipinski definition) is 13. The van der Waals surface area contributed by atoms with Crippen molar-refractivity contribution in [3.63, 3.8) is 0 Å². The normalized spacial score (nSPS) is 33.6. The Morgan fingerprint density at radius 3 is 1.90 bits per heavy atom. The molecule has 2 heterocycles. The van der Waals surface area contributed by atoms with E-state index in [2.05, 4.69) is 13.8 Å². The van der Waals surface area contributed by atoms with E-state index < -0.39 is 86.6 Å². The third kappa shape index (κ3) is 10.4. The number of rotatable bonds is 19. The lowest BCUT2D eigenvalue weighted by Crippen LogP contribution is -2.62. The monoisotopic (exact) mass is 594 g/mol. The van der Waals surface area contributed by atoms with Crippen LogP contribution in [-0.4, -0.2) is 117 Å². The van der Waals surface area contributed by atoms with Gasteiger partial charge in [0, 0.05) is 12.8 Å². The van der Waals surface area contributed by atoms with Crippen molar-refractivity contribution in [1.29, 1.82) is 0 Å². The van der Waals surface area contributed by atoms with Gasteiger partial charge in [-0.15, -0.1) is 0 Å². The second-order valence-electron chi connectivity index (χ2n) is 10.9. The summed E-state index contributed by atoms with van der Waals surface area (Å²) in [5.41, 5.74) is 0. The van der Waals surface area contributed by atoms with Gasteiger partial charge in [0.05, 0.1) is 6.61 Å². The Morgan fingerprint density at radius 2 is 1.34 bits per heavy atom. The molecule has 13 nitrogen and oxygen atoms in total. The van der Waals surface area contributed by atoms with E-state index >= 15 is 0 Å². The molecule has 240 valence electrons. The van der Waals surface area contributed by atoms with Crippen LogP contribution in [0.25, 0.3) is 0 Å². The van der Waals surface area contributed by atoms with Crippen LogP contribution in [0.1, 0.15) is 90.9 Å². The number of aliphatic hydroxyl groups is 6. The molecule has 2 fully saturated rings. The zero-order chi connectivity index (χ0) is 30.4. The van der Waals surface area contributed by atoms with E-state index in [9.17, 15) is 40.2 Å². The van der Waals surface area contributed by atoms with Crippen LogP contribution >= 0.6 is 0 Å². The van der Waals surface area contributed by atoms with Crippen LogP contribution in [0, 0.1) is 0 Å². The van der Waals surface area contributed by atoms with Gasteiger partial charge in [-0.05, 0) is 12.8 Å². The molecule has 0 spiro atoms. The first-order valence-electron chi connectivity index (χ1n) is 14.9. The number of esters is 2. The van der Waals surface area contributed by atoms with Crippen molar-refractivity contribution in [1.82, 2.24) is 0 Å². The lowest BCUT2D eigenvalue weighted by atomic mass is 9.99. The van der Waals surface area contributed by atoms with E-state index in [1.165, 1.54) is 0 Å². The van der Waals surface area contributed by atoms with E-state index in [1.54, 1.807) is 0 Å². The van der Waals surface area contributed by atoms with Gasteiger partial charge in [0.2, 0.25) is 5.79 Å². The van der Waals surface area contributed by atoms with Crippen molar-refractivity contribution < 1.29 is 63.9 Å². The van der Waals surface area contributed by atoms with Gasteiger partial charge in [-0.3, -0.25) is 9.59 Å². The minimum absolute atomic E-state index is 0.0803. The first-order valence-corrected chi connectivity index (χ1v) is 14.9. The smallest absolute Gasteiger partial charge is 0.306 e. The molecule has 9 atom stereocenters. The molecule has 41 heavy (non-hydrogen) atoms. The van der Waals surface area contributed by atoms with Crippen molar-refractivity contribution in [3.05, 3.63) is 0 Å². The molecule has 0 saturated carbocycles. The number of hydrogen-bond donors (Lipinski definition) is 6. The van der Waals surface area contributed by atoms with E-state index in [4.69, 9.17) is 23.7 Å². The number of carbonyl (C=O) groups is 2. The fraction of sp³-hybridized carbons (Fsp3) is 0.929. The summed E-state index contributed by atoms with van der Waals surface area (Å²) in [5, 5.41) is 61.5. The highest BCUT2D eigenvalue weighted by Crippen LogP contribution is 2.38. The van der Waals surface area contributed by atoms with Gasteiger partial charge >= 0.3 is 11.9 Å². The van der Waals surface area contributed by atoms with Crippen molar-refractivity contribution in [3.8, 4) is 0 Å². The predicted octanol–water partition coefficient (Wildman–Crippen LogP) is 0.427. The second-order valence-corrected chi connectivity index (χ2v) is 10.9. The molecule has 0 aromatic carbocycles. The number of ether oxygens (including phenoxy) is 5. The van der Waals surface area contributed by atoms with Gasteiger partial charge in [-0.2, -0.15) is 0 Å². The Bertz CT molecular complexity index is 765. The fourth-order valence-corrected chi connectivity index (χ4v) is 4.95. The number of aliphatic hydroxyl groups excluding tert-OH is 6. The lowest BCUT2D eigenvalue weighted by molar-refractivity contribution is -0.383. The van der Waals surface area contributed by atoms with Gasteiger partial charge in [-0.25, -0.2) is 0 Å². The third-order valence-corrected chi connectivity index (χ3v) is 7.51. The minimum atomic E-state index is -2.32. The maximum absolute atomic E-state index is 12.6. The summed E-state index contributed by atoms with van der Waals surface area (Å²) in [6.07, 6.45) is -3.44. The molecule has 0 aromatic heterocycles. The maximum atomic E-state index is 12.6. The molecule has 9 unspecified atom stereocenters. The average Bonchev–Trinajstić information content (AvgIpc) is 3.22. The SMILES string of the molecule is CCCCCCCC(=O)OCC1OC(CO)(OC2OC(CO)C(O)C(O)C2O)C(O)C1OC(=O)CCCCCCC. The summed E-state index contributed by atoms with van der Waals surface area (Å²) in [4.78, 5) is 25.0. The van der Waals surface area contributed by atoms with Gasteiger partial charge < -0.3 is 54.3 Å². The molecule has 0 aromatic rings. The zero-order valence-corrected chi connectivity index (χ0v) is 24.3. The van der Waals surface area contributed by atoms with Crippen molar-refractivity contribution in [2.24, 2.45) is 0 Å². The number of unbranched alkanes of at least 4 members (excludes halogenated alkanes) is 8. The molecule has 2 aliphatic heterocycles. The zero-order valence-electron chi connectivity index (χ0n) is 24.3. The Kier molecular flexibility index (Phi) is 16.0. The Morgan fingerprint density at radius 1 is 0.756 bits per heavy atom. The van der Waals surface area contributed by atoms with Crippen LogP contribution < -0.4 is 0 Å². The van der Waals surface area contributed by atoms with Gasteiger partial charge in [0.1, 0.15) is 49.8 Å². The molecule has 0 aliphatic carbocycles. The van der Waals surface area contributed by atoms with E-state index in [0.717, 1.165) is 51.4 Å². The van der Waals surface area contributed by atoms with Crippen molar-refractivity contribution in [2.45, 2.75) is 146 Å². The molecule has 2 rings (SSSR count). The van der Waals surface area contributed by atoms with Crippen molar-refractivity contribution in [2.75, 3.05) is 19.8 Å². The molecule has 13 heteroatoms. The van der Waals surface area contributed by atoms with Gasteiger partial charge in [0.25, 0.3) is 0 Å². The second kappa shape index (κ2) is 18.3. The molecule has 0 radical (unpaired) electrons. The summed E-state index contributed by atoms with van der Waals surface area (Å²) < 4.78 is 27.6. The van der Waals surface area contributed by atoms with Crippen LogP contribution in [0.4, 0.5) is 0 Å². The highest BCUT2D eigenvalue weighted by atomic mass is 16.8. The van der Waals surface area contributed by atoms with Crippen LogP contribution in [0.15, 0.2) is 0 Å². The van der Waals surface area contributed by atoms with Crippen LogP contribution in [0.5, 0.6) is 0 Å². The third-order valence-electron chi connectivity index (χ3n) is 7.51. The quantitative estimate of drug-likeness (QED) is 0.0888. The molecule has 0 amide bonds. The predicted molar refractivity (Wildman–Crippen MR) is 143 cm³/mol. The summed E-state index contributed by atoms with van der Waals surface area (Å²) >= 11 is 0. The first kappa shape index (κ1) is 35.8. The van der Waals surface area contributed by atoms with E-state index in [1.807, 2.05) is 0 Å². The molecule has 2 aliphatic rings. The summed E-state index contributed by atoms with van der Waals surface area (Å²) in [7, 11) is 0. The standard InChI is InChI=1S/C28H50O13/c1-3-5-7-9-11-13-20(31)37-16-19-25(39-21(32)14-12-10-8-6-4-2)26(36)28(17-30,40-19)41-27-24(35)23(34)22(33)18(15-29)38-27/h18-19,22-27,29-30,33-36H,3-17H2,1-2H3. The minimum Gasteiger partial charge on any atom is -0.463 e.